The molecule has 0 saturated heterocycles. The van der Waals surface area contributed by atoms with E-state index in [0.29, 0.717) is 17.4 Å². The summed E-state index contributed by atoms with van der Waals surface area (Å²) >= 11 is 6.00. The Morgan fingerprint density at radius 2 is 1.78 bits per heavy atom. The van der Waals surface area contributed by atoms with Crippen LogP contribution in [0.5, 0.6) is 0 Å². The normalized spacial score (nSPS) is 10.3. The third kappa shape index (κ3) is 4.40. The first-order chi connectivity index (χ1) is 11.2. The number of nitrogens with one attached hydrogen (secondary N) is 2. The summed E-state index contributed by atoms with van der Waals surface area (Å²) in [7, 11) is 0. The van der Waals surface area contributed by atoms with E-state index in [9.17, 15) is 0 Å². The lowest BCUT2D eigenvalue weighted by Crippen LogP contribution is -2.05. The van der Waals surface area contributed by atoms with Crippen LogP contribution in [-0.2, 0) is 6.54 Å². The minimum atomic E-state index is 0.676. The van der Waals surface area contributed by atoms with Gasteiger partial charge in [0.1, 0.15) is 17.5 Å². The Kier molecular flexibility index (Phi) is 4.68. The molecule has 3 aromatic rings. The van der Waals surface area contributed by atoms with Crippen LogP contribution in [0.4, 0.5) is 17.3 Å². The number of hydrogen-bond acceptors (Lipinski definition) is 5. The maximum absolute atomic E-state index is 6.00. The summed E-state index contributed by atoms with van der Waals surface area (Å²) in [5, 5.41) is 7.21. The predicted molar refractivity (Wildman–Crippen MR) is 93.1 cm³/mol. The Bertz CT molecular complexity index is 792. The molecule has 2 aromatic heterocycles. The smallest absolute Gasteiger partial charge is 0.136 e. The van der Waals surface area contributed by atoms with Crippen molar-refractivity contribution >= 4 is 28.9 Å². The molecule has 0 radical (unpaired) electrons. The molecule has 0 spiro atoms. The summed E-state index contributed by atoms with van der Waals surface area (Å²) in [6, 6.07) is 13.3. The van der Waals surface area contributed by atoms with Gasteiger partial charge in [-0.3, -0.25) is 4.98 Å². The van der Waals surface area contributed by atoms with Crippen LogP contribution in [0, 0.1) is 6.92 Å². The quantitative estimate of drug-likeness (QED) is 0.736. The monoisotopic (exact) mass is 325 g/mol. The van der Waals surface area contributed by atoms with E-state index in [1.54, 1.807) is 12.4 Å². The molecule has 0 unspecified atom stereocenters. The van der Waals surface area contributed by atoms with Crippen LogP contribution < -0.4 is 10.6 Å². The van der Waals surface area contributed by atoms with Crippen LogP contribution in [-0.4, -0.2) is 15.0 Å². The fourth-order valence-electron chi connectivity index (χ4n) is 2.13. The van der Waals surface area contributed by atoms with Crippen molar-refractivity contribution in [1.82, 2.24) is 15.0 Å². The highest BCUT2D eigenvalue weighted by Gasteiger charge is 2.03. The van der Waals surface area contributed by atoms with Gasteiger partial charge in [0.25, 0.3) is 0 Å². The number of hydrogen-bond donors (Lipinski definition) is 2. The first-order valence-electron chi connectivity index (χ1n) is 7.20. The minimum absolute atomic E-state index is 0.676. The molecule has 3 rings (SSSR count). The minimum Gasteiger partial charge on any atom is -0.366 e. The Labute approximate surface area is 139 Å². The van der Waals surface area contributed by atoms with Crippen LogP contribution in [0.15, 0.2) is 54.9 Å². The zero-order valence-electron chi connectivity index (χ0n) is 12.6. The molecule has 1 aromatic carbocycles. The number of aryl methyl sites for hydroxylation is 1. The van der Waals surface area contributed by atoms with Crippen molar-refractivity contribution in [3.05, 3.63) is 71.3 Å². The SMILES string of the molecule is Cc1nc(NCc2ccncc2)cc(Nc2cccc(Cl)c2)n1. The van der Waals surface area contributed by atoms with Crippen LogP contribution in [0.2, 0.25) is 5.02 Å². The standard InChI is InChI=1S/C17H16ClN5/c1-12-21-16(20-11-13-5-7-19-8-6-13)10-17(22-12)23-15-4-2-3-14(18)9-15/h2-10H,11H2,1H3,(H2,20,21,22,23). The van der Waals surface area contributed by atoms with Gasteiger partial charge >= 0.3 is 0 Å². The van der Waals surface area contributed by atoms with E-state index >= 15 is 0 Å². The Hall–Kier alpha value is -2.66. The second-order valence-corrected chi connectivity index (χ2v) is 5.47. The fourth-order valence-corrected chi connectivity index (χ4v) is 2.32. The molecular formula is C17H16ClN5. The van der Waals surface area contributed by atoms with E-state index in [2.05, 4.69) is 25.6 Å². The van der Waals surface area contributed by atoms with Gasteiger partial charge in [0, 0.05) is 35.7 Å². The molecule has 0 aliphatic heterocycles. The van der Waals surface area contributed by atoms with Crippen molar-refractivity contribution in [3.8, 4) is 0 Å². The number of benzene rings is 1. The van der Waals surface area contributed by atoms with Gasteiger partial charge in [0.2, 0.25) is 0 Å². The third-order valence-electron chi connectivity index (χ3n) is 3.16. The first-order valence-corrected chi connectivity index (χ1v) is 7.58. The third-order valence-corrected chi connectivity index (χ3v) is 3.39. The lowest BCUT2D eigenvalue weighted by Gasteiger charge is -2.10. The largest absolute Gasteiger partial charge is 0.366 e. The van der Waals surface area contributed by atoms with Gasteiger partial charge in [0.15, 0.2) is 0 Å². The molecule has 0 amide bonds. The van der Waals surface area contributed by atoms with E-state index in [1.807, 2.05) is 49.4 Å². The molecular weight excluding hydrogens is 310 g/mol. The van der Waals surface area contributed by atoms with E-state index in [-0.39, 0.29) is 0 Å². The molecule has 5 nitrogen and oxygen atoms in total. The van der Waals surface area contributed by atoms with Crippen LogP contribution in [0.3, 0.4) is 0 Å². The topological polar surface area (TPSA) is 62.7 Å². The summed E-state index contributed by atoms with van der Waals surface area (Å²) < 4.78 is 0. The lowest BCUT2D eigenvalue weighted by molar-refractivity contribution is 1.02. The van der Waals surface area contributed by atoms with Crippen molar-refractivity contribution in [2.24, 2.45) is 0 Å². The average molecular weight is 326 g/mol. The van der Waals surface area contributed by atoms with Crippen molar-refractivity contribution in [1.29, 1.82) is 0 Å². The van der Waals surface area contributed by atoms with Gasteiger partial charge in [-0.2, -0.15) is 0 Å². The molecule has 2 heterocycles. The molecule has 0 aliphatic carbocycles. The van der Waals surface area contributed by atoms with Crippen LogP contribution in [0.25, 0.3) is 0 Å². The summed E-state index contributed by atoms with van der Waals surface area (Å²) in [6.45, 7) is 2.54. The number of rotatable bonds is 5. The first kappa shape index (κ1) is 15.2. The summed E-state index contributed by atoms with van der Waals surface area (Å²) in [6.07, 6.45) is 3.54. The molecule has 2 N–H and O–H groups in total. The molecule has 0 atom stereocenters. The maximum Gasteiger partial charge on any atom is 0.136 e. The highest BCUT2D eigenvalue weighted by atomic mass is 35.5. The van der Waals surface area contributed by atoms with Gasteiger partial charge in [0.05, 0.1) is 0 Å². The van der Waals surface area contributed by atoms with Crippen molar-refractivity contribution < 1.29 is 0 Å². The van der Waals surface area contributed by atoms with Gasteiger partial charge in [-0.15, -0.1) is 0 Å². The Balaban J connectivity index is 1.73. The number of nitrogens with zero attached hydrogens (tertiary/aromatic N) is 3. The summed E-state index contributed by atoms with van der Waals surface area (Å²) in [4.78, 5) is 12.8. The summed E-state index contributed by atoms with van der Waals surface area (Å²) in [5.41, 5.74) is 2.02. The van der Waals surface area contributed by atoms with E-state index < -0.39 is 0 Å². The van der Waals surface area contributed by atoms with Gasteiger partial charge in [-0.05, 0) is 42.8 Å². The number of aromatic nitrogens is 3. The van der Waals surface area contributed by atoms with E-state index in [1.165, 1.54) is 0 Å². The van der Waals surface area contributed by atoms with E-state index in [4.69, 9.17) is 11.6 Å². The van der Waals surface area contributed by atoms with Crippen LogP contribution in [0.1, 0.15) is 11.4 Å². The number of halogens is 1. The molecule has 0 aliphatic rings. The highest BCUT2D eigenvalue weighted by Crippen LogP contribution is 2.20. The highest BCUT2D eigenvalue weighted by molar-refractivity contribution is 6.30. The molecule has 0 saturated carbocycles. The fraction of sp³-hybridized carbons (Fsp3) is 0.118. The van der Waals surface area contributed by atoms with E-state index in [0.717, 1.165) is 22.9 Å². The van der Waals surface area contributed by atoms with Crippen molar-refractivity contribution in [3.63, 3.8) is 0 Å². The number of anilines is 3. The summed E-state index contributed by atoms with van der Waals surface area (Å²) in [5.74, 6) is 2.17. The predicted octanol–water partition coefficient (Wildman–Crippen LogP) is 4.19. The van der Waals surface area contributed by atoms with Gasteiger partial charge < -0.3 is 10.6 Å². The van der Waals surface area contributed by atoms with Gasteiger partial charge in [-0.25, -0.2) is 9.97 Å². The lowest BCUT2D eigenvalue weighted by atomic mass is 10.3. The van der Waals surface area contributed by atoms with Crippen molar-refractivity contribution in [2.75, 3.05) is 10.6 Å². The zero-order chi connectivity index (χ0) is 16.1. The van der Waals surface area contributed by atoms with Crippen LogP contribution >= 0.6 is 11.6 Å². The Morgan fingerprint density at radius 3 is 2.57 bits per heavy atom. The average Bonchev–Trinajstić information content (AvgIpc) is 2.53. The maximum atomic E-state index is 6.00. The number of pyridine rings is 1. The van der Waals surface area contributed by atoms with Crippen molar-refractivity contribution in [2.45, 2.75) is 13.5 Å². The second-order valence-electron chi connectivity index (χ2n) is 5.03. The Morgan fingerprint density at radius 1 is 1.00 bits per heavy atom. The molecule has 0 fully saturated rings. The second kappa shape index (κ2) is 7.07. The van der Waals surface area contributed by atoms with Gasteiger partial charge in [-0.1, -0.05) is 17.7 Å². The molecule has 0 bridgehead atoms. The zero-order valence-corrected chi connectivity index (χ0v) is 13.4. The molecule has 23 heavy (non-hydrogen) atoms. The molecule has 116 valence electrons. The molecule has 6 heteroatoms.